The van der Waals surface area contributed by atoms with Gasteiger partial charge in [-0.25, -0.2) is 13.2 Å². The highest BCUT2D eigenvalue weighted by Gasteiger charge is 2.20. The number of Topliss-reactive ketones (excluding diaryl/α,β-unsaturated/α-hetero) is 1. The van der Waals surface area contributed by atoms with Gasteiger partial charge in [0.15, 0.2) is 6.10 Å². The first-order chi connectivity index (χ1) is 12.0. The Labute approximate surface area is 153 Å². The maximum Gasteiger partial charge on any atom is 0.338 e. The van der Waals surface area contributed by atoms with Crippen molar-refractivity contribution < 1.29 is 22.7 Å². The third kappa shape index (κ3) is 5.42. The Bertz CT molecular complexity index is 913. The predicted octanol–water partition coefficient (Wildman–Crippen LogP) is 3.10. The van der Waals surface area contributed by atoms with E-state index in [4.69, 9.17) is 4.74 Å². The number of ether oxygens (including phenoxy) is 1. The van der Waals surface area contributed by atoms with E-state index < -0.39 is 22.1 Å². The molecule has 26 heavy (non-hydrogen) atoms. The fourth-order valence-electron chi connectivity index (χ4n) is 2.53. The van der Waals surface area contributed by atoms with Crippen LogP contribution in [0.25, 0.3) is 0 Å². The van der Waals surface area contributed by atoms with Crippen molar-refractivity contribution in [2.75, 3.05) is 11.0 Å². The molecule has 0 aliphatic heterocycles. The summed E-state index contributed by atoms with van der Waals surface area (Å²) in [5.41, 5.74) is 2.94. The average Bonchev–Trinajstić information content (AvgIpc) is 2.52. The SMILES string of the molecule is Cc1cc(C)cc(C(=O)OC(C)C(=O)c2ccc(NS(C)(=O)=O)cc2)c1. The van der Waals surface area contributed by atoms with Gasteiger partial charge in [0.05, 0.1) is 11.8 Å². The number of esters is 1. The molecular weight excluding hydrogens is 354 g/mol. The summed E-state index contributed by atoms with van der Waals surface area (Å²) < 4.78 is 30.0. The molecule has 1 unspecified atom stereocenters. The van der Waals surface area contributed by atoms with Gasteiger partial charge in [-0.15, -0.1) is 0 Å². The van der Waals surface area contributed by atoms with E-state index in [2.05, 4.69) is 4.72 Å². The molecule has 0 aliphatic rings. The van der Waals surface area contributed by atoms with E-state index >= 15 is 0 Å². The fourth-order valence-corrected chi connectivity index (χ4v) is 3.09. The van der Waals surface area contributed by atoms with E-state index in [-0.39, 0.29) is 5.78 Å². The molecule has 138 valence electrons. The Morgan fingerprint density at radius 2 is 1.50 bits per heavy atom. The van der Waals surface area contributed by atoms with Crippen molar-refractivity contribution in [1.29, 1.82) is 0 Å². The summed E-state index contributed by atoms with van der Waals surface area (Å²) >= 11 is 0. The number of nitrogens with one attached hydrogen (secondary N) is 1. The van der Waals surface area contributed by atoms with Crippen molar-refractivity contribution in [2.24, 2.45) is 0 Å². The molecule has 0 amide bonds. The van der Waals surface area contributed by atoms with E-state index in [9.17, 15) is 18.0 Å². The molecule has 2 aromatic rings. The molecule has 2 rings (SSSR count). The second kappa shape index (κ2) is 7.70. The Balaban J connectivity index is 2.08. The van der Waals surface area contributed by atoms with Gasteiger partial charge in [-0.05, 0) is 57.2 Å². The molecule has 0 saturated heterocycles. The van der Waals surface area contributed by atoms with E-state index in [1.54, 1.807) is 12.1 Å². The second-order valence-corrected chi connectivity index (χ2v) is 7.99. The minimum Gasteiger partial charge on any atom is -0.451 e. The monoisotopic (exact) mass is 375 g/mol. The number of carbonyl (C=O) groups excluding carboxylic acids is 2. The lowest BCUT2D eigenvalue weighted by Crippen LogP contribution is -2.24. The number of ketones is 1. The summed E-state index contributed by atoms with van der Waals surface area (Å²) in [7, 11) is -3.38. The first-order valence-corrected chi connectivity index (χ1v) is 9.85. The van der Waals surface area contributed by atoms with Crippen LogP contribution in [0.3, 0.4) is 0 Å². The fraction of sp³-hybridized carbons (Fsp3) is 0.263. The molecule has 0 saturated carbocycles. The Morgan fingerprint density at radius 1 is 0.962 bits per heavy atom. The molecule has 0 aromatic heterocycles. The molecular formula is C19H21NO5S. The largest absolute Gasteiger partial charge is 0.451 e. The van der Waals surface area contributed by atoms with Gasteiger partial charge in [0.2, 0.25) is 15.8 Å². The summed E-state index contributed by atoms with van der Waals surface area (Å²) in [5, 5.41) is 0. The van der Waals surface area contributed by atoms with Crippen LogP contribution in [0, 0.1) is 13.8 Å². The molecule has 2 aromatic carbocycles. The average molecular weight is 375 g/mol. The van der Waals surface area contributed by atoms with Crippen LogP contribution in [-0.4, -0.2) is 32.5 Å². The number of aryl methyl sites for hydroxylation is 2. The highest BCUT2D eigenvalue weighted by atomic mass is 32.2. The number of benzene rings is 2. The van der Waals surface area contributed by atoms with Crippen LogP contribution in [0.5, 0.6) is 0 Å². The summed E-state index contributed by atoms with van der Waals surface area (Å²) in [6.07, 6.45) is 0.0812. The molecule has 0 heterocycles. The van der Waals surface area contributed by atoms with Gasteiger partial charge in [0, 0.05) is 11.3 Å². The topological polar surface area (TPSA) is 89.5 Å². The minimum atomic E-state index is -3.38. The highest BCUT2D eigenvalue weighted by Crippen LogP contribution is 2.15. The molecule has 0 aliphatic carbocycles. The van der Waals surface area contributed by atoms with Gasteiger partial charge >= 0.3 is 5.97 Å². The van der Waals surface area contributed by atoms with Gasteiger partial charge in [-0.1, -0.05) is 17.2 Å². The Morgan fingerprint density at radius 3 is 2.00 bits per heavy atom. The third-order valence-corrected chi connectivity index (χ3v) is 4.19. The van der Waals surface area contributed by atoms with Crippen molar-refractivity contribution in [1.82, 2.24) is 0 Å². The van der Waals surface area contributed by atoms with Crippen molar-refractivity contribution in [3.8, 4) is 0 Å². The molecule has 0 fully saturated rings. The van der Waals surface area contributed by atoms with Crippen molar-refractivity contribution >= 4 is 27.5 Å². The van der Waals surface area contributed by atoms with Crippen molar-refractivity contribution in [3.05, 3.63) is 64.7 Å². The molecule has 0 spiro atoms. The quantitative estimate of drug-likeness (QED) is 0.619. The first-order valence-electron chi connectivity index (χ1n) is 7.96. The lowest BCUT2D eigenvalue weighted by Gasteiger charge is -2.13. The van der Waals surface area contributed by atoms with Crippen LogP contribution in [0.15, 0.2) is 42.5 Å². The van der Waals surface area contributed by atoms with Crippen LogP contribution < -0.4 is 4.72 Å². The highest BCUT2D eigenvalue weighted by molar-refractivity contribution is 7.92. The number of anilines is 1. The minimum absolute atomic E-state index is 0.324. The van der Waals surface area contributed by atoms with E-state index in [1.807, 2.05) is 19.9 Å². The zero-order chi connectivity index (χ0) is 19.5. The third-order valence-electron chi connectivity index (χ3n) is 3.58. The van der Waals surface area contributed by atoms with Crippen molar-refractivity contribution in [2.45, 2.75) is 26.9 Å². The normalized spacial score (nSPS) is 12.3. The van der Waals surface area contributed by atoms with Crippen LogP contribution in [-0.2, 0) is 14.8 Å². The number of sulfonamides is 1. The molecule has 7 heteroatoms. The number of hydrogen-bond donors (Lipinski definition) is 1. The van der Waals surface area contributed by atoms with Gasteiger partial charge in [0.25, 0.3) is 0 Å². The molecule has 1 N–H and O–H groups in total. The summed E-state index contributed by atoms with van der Waals surface area (Å²) in [6.45, 7) is 5.26. The van der Waals surface area contributed by atoms with Crippen LogP contribution >= 0.6 is 0 Å². The van der Waals surface area contributed by atoms with Crippen LogP contribution in [0.2, 0.25) is 0 Å². The van der Waals surface area contributed by atoms with E-state index in [1.165, 1.54) is 31.2 Å². The van der Waals surface area contributed by atoms with E-state index in [0.29, 0.717) is 16.8 Å². The maximum absolute atomic E-state index is 12.4. The Kier molecular flexibility index (Phi) is 5.82. The Hall–Kier alpha value is -2.67. The predicted molar refractivity (Wildman–Crippen MR) is 100 cm³/mol. The van der Waals surface area contributed by atoms with Gasteiger partial charge in [-0.2, -0.15) is 0 Å². The van der Waals surface area contributed by atoms with Gasteiger partial charge < -0.3 is 4.74 Å². The summed E-state index contributed by atoms with van der Waals surface area (Å²) in [6, 6.07) is 11.3. The molecule has 6 nitrogen and oxygen atoms in total. The lowest BCUT2D eigenvalue weighted by molar-refractivity contribution is 0.0318. The number of carbonyl (C=O) groups is 2. The molecule has 0 bridgehead atoms. The number of rotatable bonds is 6. The zero-order valence-electron chi connectivity index (χ0n) is 15.1. The van der Waals surface area contributed by atoms with Gasteiger partial charge in [0.1, 0.15) is 0 Å². The van der Waals surface area contributed by atoms with E-state index in [0.717, 1.165) is 17.4 Å². The standard InChI is InChI=1S/C19H21NO5S/c1-12-9-13(2)11-16(10-12)19(22)25-14(3)18(21)15-5-7-17(8-6-15)20-26(4,23)24/h5-11,14,20H,1-4H3. The van der Waals surface area contributed by atoms with Crippen molar-refractivity contribution in [3.63, 3.8) is 0 Å². The van der Waals surface area contributed by atoms with Gasteiger partial charge in [-0.3, -0.25) is 9.52 Å². The first kappa shape index (κ1) is 19.7. The summed E-state index contributed by atoms with van der Waals surface area (Å²) in [5.74, 6) is -0.929. The summed E-state index contributed by atoms with van der Waals surface area (Å²) in [4.78, 5) is 24.7. The van der Waals surface area contributed by atoms with Crippen LogP contribution in [0.4, 0.5) is 5.69 Å². The lowest BCUT2D eigenvalue weighted by atomic mass is 10.1. The second-order valence-electron chi connectivity index (χ2n) is 6.24. The molecule has 0 radical (unpaired) electrons. The maximum atomic E-state index is 12.4. The zero-order valence-corrected chi connectivity index (χ0v) is 15.9. The van der Waals surface area contributed by atoms with Crippen LogP contribution in [0.1, 0.15) is 38.8 Å². The smallest absolute Gasteiger partial charge is 0.338 e. The number of hydrogen-bond acceptors (Lipinski definition) is 5. The molecule has 1 atom stereocenters.